The fraction of sp³-hybridized carbons (Fsp3) is 0.625. The average Bonchev–Trinajstić information content (AvgIpc) is 3.12. The highest BCUT2D eigenvalue weighted by Gasteiger charge is 2.31. The molecular formula is C16H25N. The molecule has 1 nitrogen and oxygen atoms in total. The first kappa shape index (κ1) is 12.6. The van der Waals surface area contributed by atoms with Gasteiger partial charge in [0.05, 0.1) is 0 Å². The van der Waals surface area contributed by atoms with Crippen LogP contribution in [0.3, 0.4) is 0 Å². The van der Waals surface area contributed by atoms with E-state index in [1.807, 2.05) is 0 Å². The summed E-state index contributed by atoms with van der Waals surface area (Å²) < 4.78 is 0. The van der Waals surface area contributed by atoms with Gasteiger partial charge in [-0.25, -0.2) is 0 Å². The van der Waals surface area contributed by atoms with Crippen LogP contribution in [0.4, 0.5) is 0 Å². The molecule has 2 rings (SSSR count). The zero-order valence-corrected chi connectivity index (χ0v) is 11.3. The molecule has 94 valence electrons. The van der Waals surface area contributed by atoms with Gasteiger partial charge in [0.1, 0.15) is 0 Å². The highest BCUT2D eigenvalue weighted by Crippen LogP contribution is 2.38. The second-order valence-electron chi connectivity index (χ2n) is 5.96. The van der Waals surface area contributed by atoms with Crippen LogP contribution in [0.5, 0.6) is 0 Å². The molecule has 0 aromatic heterocycles. The van der Waals surface area contributed by atoms with Gasteiger partial charge in [-0.05, 0) is 48.1 Å². The Morgan fingerprint density at radius 2 is 1.71 bits per heavy atom. The molecule has 0 heterocycles. The Morgan fingerprint density at radius 1 is 1.12 bits per heavy atom. The maximum absolute atomic E-state index is 6.29. The van der Waals surface area contributed by atoms with E-state index in [0.717, 1.165) is 12.3 Å². The van der Waals surface area contributed by atoms with Crippen LogP contribution in [0, 0.1) is 11.8 Å². The summed E-state index contributed by atoms with van der Waals surface area (Å²) in [7, 11) is 0. The monoisotopic (exact) mass is 231 g/mol. The zero-order valence-electron chi connectivity index (χ0n) is 11.3. The number of nitrogens with two attached hydrogens (primary N) is 1. The van der Waals surface area contributed by atoms with Gasteiger partial charge in [-0.1, -0.05) is 45.0 Å². The van der Waals surface area contributed by atoms with E-state index in [1.165, 1.54) is 24.0 Å². The van der Waals surface area contributed by atoms with Gasteiger partial charge < -0.3 is 5.73 Å². The quantitative estimate of drug-likeness (QED) is 0.821. The van der Waals surface area contributed by atoms with Crippen molar-refractivity contribution >= 4 is 0 Å². The first-order valence-electron chi connectivity index (χ1n) is 6.92. The Kier molecular flexibility index (Phi) is 3.88. The second kappa shape index (κ2) is 5.22. The van der Waals surface area contributed by atoms with Crippen LogP contribution >= 0.6 is 0 Å². The van der Waals surface area contributed by atoms with Gasteiger partial charge in [0, 0.05) is 6.04 Å². The summed E-state index contributed by atoms with van der Waals surface area (Å²) in [5.41, 5.74) is 9.09. The van der Waals surface area contributed by atoms with Crippen molar-refractivity contribution in [2.75, 3.05) is 0 Å². The third-order valence-electron chi connectivity index (χ3n) is 4.16. The predicted octanol–water partition coefficient (Wildman–Crippen LogP) is 3.73. The molecule has 1 aromatic rings. The molecule has 2 unspecified atom stereocenters. The van der Waals surface area contributed by atoms with E-state index >= 15 is 0 Å². The molecule has 2 atom stereocenters. The summed E-state index contributed by atoms with van der Waals surface area (Å²) in [4.78, 5) is 0. The Bertz CT molecular complexity index is 348. The van der Waals surface area contributed by atoms with Gasteiger partial charge in [-0.2, -0.15) is 0 Å². The Morgan fingerprint density at radius 3 is 2.18 bits per heavy atom. The summed E-state index contributed by atoms with van der Waals surface area (Å²) in [6, 6.07) is 9.31. The molecular weight excluding hydrogens is 206 g/mol. The van der Waals surface area contributed by atoms with Crippen LogP contribution in [0.25, 0.3) is 0 Å². The molecule has 1 fully saturated rings. The van der Waals surface area contributed by atoms with Crippen LogP contribution in [0.1, 0.15) is 50.7 Å². The van der Waals surface area contributed by atoms with Crippen molar-refractivity contribution < 1.29 is 0 Å². The van der Waals surface area contributed by atoms with E-state index in [-0.39, 0.29) is 0 Å². The third kappa shape index (κ3) is 3.32. The van der Waals surface area contributed by atoms with Crippen molar-refractivity contribution in [1.29, 1.82) is 0 Å². The first-order valence-corrected chi connectivity index (χ1v) is 6.92. The van der Waals surface area contributed by atoms with Crippen LogP contribution in [0.2, 0.25) is 0 Å². The Labute approximate surface area is 105 Å². The molecule has 0 bridgehead atoms. The van der Waals surface area contributed by atoms with Crippen molar-refractivity contribution in [2.24, 2.45) is 17.6 Å². The molecule has 1 heteroatoms. The summed E-state index contributed by atoms with van der Waals surface area (Å²) in [6.45, 7) is 6.77. The predicted molar refractivity (Wildman–Crippen MR) is 74.1 cm³/mol. The van der Waals surface area contributed by atoms with E-state index in [9.17, 15) is 0 Å². The molecule has 1 aromatic carbocycles. The topological polar surface area (TPSA) is 26.0 Å². The summed E-state index contributed by atoms with van der Waals surface area (Å²) >= 11 is 0. The second-order valence-corrected chi connectivity index (χ2v) is 5.96. The van der Waals surface area contributed by atoms with E-state index in [1.54, 1.807) is 0 Å². The maximum Gasteiger partial charge on any atom is 0.0108 e. The van der Waals surface area contributed by atoms with Crippen LogP contribution in [-0.4, -0.2) is 6.04 Å². The Balaban J connectivity index is 1.93. The lowest BCUT2D eigenvalue weighted by Crippen LogP contribution is -2.31. The average molecular weight is 231 g/mol. The minimum absolute atomic E-state index is 0.326. The Hall–Kier alpha value is -0.820. The molecule has 1 aliphatic rings. The zero-order chi connectivity index (χ0) is 12.4. The molecule has 0 aliphatic heterocycles. The number of rotatable bonds is 5. The van der Waals surface area contributed by atoms with E-state index in [0.29, 0.717) is 17.9 Å². The summed E-state index contributed by atoms with van der Waals surface area (Å²) in [5.74, 6) is 2.20. The first-order chi connectivity index (χ1) is 8.08. The lowest BCUT2D eigenvalue weighted by molar-refractivity contribution is 0.404. The fourth-order valence-corrected chi connectivity index (χ4v) is 2.47. The fourth-order valence-electron chi connectivity index (χ4n) is 2.47. The largest absolute Gasteiger partial charge is 0.327 e. The molecule has 17 heavy (non-hydrogen) atoms. The van der Waals surface area contributed by atoms with Crippen LogP contribution in [-0.2, 0) is 6.42 Å². The van der Waals surface area contributed by atoms with Gasteiger partial charge in [0.2, 0.25) is 0 Å². The van der Waals surface area contributed by atoms with Gasteiger partial charge >= 0.3 is 0 Å². The van der Waals surface area contributed by atoms with E-state index < -0.39 is 0 Å². The smallest absolute Gasteiger partial charge is 0.0108 e. The van der Waals surface area contributed by atoms with Gasteiger partial charge in [-0.3, -0.25) is 0 Å². The van der Waals surface area contributed by atoms with E-state index in [4.69, 9.17) is 5.73 Å². The molecule has 2 N–H and O–H groups in total. The molecule has 1 aliphatic carbocycles. The summed E-state index contributed by atoms with van der Waals surface area (Å²) in [6.07, 6.45) is 3.80. The molecule has 0 radical (unpaired) electrons. The normalized spacial score (nSPS) is 19.4. The molecule has 0 spiro atoms. The highest BCUT2D eigenvalue weighted by atomic mass is 14.7. The number of hydrogen-bond donors (Lipinski definition) is 1. The number of benzene rings is 1. The standard InChI is InChI=1S/C16H25N/c1-11(2)14-6-4-13(5-7-14)10-16(17)12(3)15-8-9-15/h4-7,11-12,15-16H,8-10,17H2,1-3H3. The van der Waals surface area contributed by atoms with Crippen molar-refractivity contribution in [3.8, 4) is 0 Å². The van der Waals surface area contributed by atoms with E-state index in [2.05, 4.69) is 45.0 Å². The van der Waals surface area contributed by atoms with Gasteiger partial charge in [0.15, 0.2) is 0 Å². The van der Waals surface area contributed by atoms with Crippen molar-refractivity contribution in [3.63, 3.8) is 0 Å². The maximum atomic E-state index is 6.29. The van der Waals surface area contributed by atoms with Crippen LogP contribution in [0.15, 0.2) is 24.3 Å². The van der Waals surface area contributed by atoms with Crippen LogP contribution < -0.4 is 5.73 Å². The highest BCUT2D eigenvalue weighted by molar-refractivity contribution is 5.25. The SMILES string of the molecule is CC(C)c1ccc(CC(N)C(C)C2CC2)cc1. The van der Waals surface area contributed by atoms with Crippen molar-refractivity contribution in [3.05, 3.63) is 35.4 Å². The van der Waals surface area contributed by atoms with Gasteiger partial charge in [0.25, 0.3) is 0 Å². The minimum Gasteiger partial charge on any atom is -0.327 e. The molecule has 0 amide bonds. The lowest BCUT2D eigenvalue weighted by atomic mass is 9.91. The molecule has 1 saturated carbocycles. The number of hydrogen-bond acceptors (Lipinski definition) is 1. The molecule has 0 saturated heterocycles. The lowest BCUT2D eigenvalue weighted by Gasteiger charge is -2.19. The van der Waals surface area contributed by atoms with Crippen molar-refractivity contribution in [1.82, 2.24) is 0 Å². The minimum atomic E-state index is 0.326. The van der Waals surface area contributed by atoms with Crippen molar-refractivity contribution in [2.45, 2.75) is 52.0 Å². The van der Waals surface area contributed by atoms with Gasteiger partial charge in [-0.15, -0.1) is 0 Å². The third-order valence-corrected chi connectivity index (χ3v) is 4.16. The summed E-state index contributed by atoms with van der Waals surface area (Å²) in [5, 5.41) is 0.